The van der Waals surface area contributed by atoms with E-state index in [0.29, 0.717) is 11.0 Å². The molecule has 4 heteroatoms. The average molecular weight is 190 g/mol. The van der Waals surface area contributed by atoms with E-state index < -0.39 is 0 Å². The topological polar surface area (TPSA) is 35.5 Å². The van der Waals surface area contributed by atoms with Crippen molar-refractivity contribution in [3.05, 3.63) is 0 Å². The molecule has 0 N–H and O–H groups in total. The lowest BCUT2D eigenvalue weighted by Gasteiger charge is -2.20. The number of ether oxygens (including phenoxy) is 2. The number of methoxy groups -OCH3 is 1. The lowest BCUT2D eigenvalue weighted by Crippen LogP contribution is -2.19. The summed E-state index contributed by atoms with van der Waals surface area (Å²) in [5, 5.41) is 0.581. The second-order valence-corrected chi connectivity index (χ2v) is 3.99. The van der Waals surface area contributed by atoms with Crippen LogP contribution in [0.25, 0.3) is 0 Å². The summed E-state index contributed by atoms with van der Waals surface area (Å²) in [6, 6.07) is 0. The van der Waals surface area contributed by atoms with E-state index in [0.717, 1.165) is 26.1 Å². The highest BCUT2D eigenvalue weighted by Crippen LogP contribution is 2.21. The Hall–Kier alpha value is -0.220. The minimum Gasteiger partial charge on any atom is -0.468 e. The highest BCUT2D eigenvalue weighted by Gasteiger charge is 2.15. The summed E-state index contributed by atoms with van der Waals surface area (Å²) in [4.78, 5) is 10.8. The Morgan fingerprint density at radius 3 is 2.83 bits per heavy atom. The van der Waals surface area contributed by atoms with Crippen molar-refractivity contribution in [2.45, 2.75) is 18.1 Å². The van der Waals surface area contributed by atoms with Crippen molar-refractivity contribution in [3.8, 4) is 0 Å². The largest absolute Gasteiger partial charge is 0.468 e. The SMILES string of the molecule is COC(=O)CSC1CCOCC1. The number of carbonyl (C=O) groups is 1. The number of carbonyl (C=O) groups excluding carboxylic acids is 1. The maximum absolute atomic E-state index is 10.8. The zero-order valence-electron chi connectivity index (χ0n) is 7.25. The zero-order chi connectivity index (χ0) is 8.81. The number of thioether (sulfide) groups is 1. The van der Waals surface area contributed by atoms with Crippen molar-refractivity contribution in [1.29, 1.82) is 0 Å². The molecule has 1 aliphatic heterocycles. The predicted octanol–water partition coefficient (Wildman–Crippen LogP) is 1.07. The molecular weight excluding hydrogens is 176 g/mol. The molecule has 12 heavy (non-hydrogen) atoms. The highest BCUT2D eigenvalue weighted by atomic mass is 32.2. The highest BCUT2D eigenvalue weighted by molar-refractivity contribution is 8.00. The van der Waals surface area contributed by atoms with E-state index >= 15 is 0 Å². The molecule has 0 aromatic heterocycles. The van der Waals surface area contributed by atoms with Gasteiger partial charge in [0.25, 0.3) is 0 Å². The van der Waals surface area contributed by atoms with Crippen LogP contribution in [0.15, 0.2) is 0 Å². The lowest BCUT2D eigenvalue weighted by molar-refractivity contribution is -0.137. The van der Waals surface area contributed by atoms with Gasteiger partial charge in [-0.25, -0.2) is 0 Å². The molecule has 70 valence electrons. The number of hydrogen-bond acceptors (Lipinski definition) is 4. The summed E-state index contributed by atoms with van der Waals surface area (Å²) >= 11 is 1.68. The standard InChI is InChI=1S/C8H14O3S/c1-10-8(9)6-12-7-2-4-11-5-3-7/h7H,2-6H2,1H3. The number of hydrogen-bond donors (Lipinski definition) is 0. The predicted molar refractivity (Wildman–Crippen MR) is 48.3 cm³/mol. The molecule has 1 aliphatic rings. The van der Waals surface area contributed by atoms with Gasteiger partial charge in [0.2, 0.25) is 0 Å². The minimum atomic E-state index is -0.133. The van der Waals surface area contributed by atoms with Gasteiger partial charge in [-0.3, -0.25) is 4.79 Å². The molecule has 0 aliphatic carbocycles. The molecule has 1 fully saturated rings. The summed E-state index contributed by atoms with van der Waals surface area (Å²) in [6.07, 6.45) is 2.11. The van der Waals surface area contributed by atoms with Crippen molar-refractivity contribution in [2.75, 3.05) is 26.1 Å². The third-order valence-electron chi connectivity index (χ3n) is 1.83. The fourth-order valence-electron chi connectivity index (χ4n) is 1.09. The summed E-state index contributed by atoms with van der Waals surface area (Å²) in [7, 11) is 1.42. The van der Waals surface area contributed by atoms with Crippen molar-refractivity contribution >= 4 is 17.7 Å². The van der Waals surface area contributed by atoms with Crippen molar-refractivity contribution in [2.24, 2.45) is 0 Å². The molecule has 0 saturated carbocycles. The molecule has 1 heterocycles. The van der Waals surface area contributed by atoms with Crippen LogP contribution in [-0.4, -0.2) is 37.3 Å². The molecule has 0 spiro atoms. The maximum atomic E-state index is 10.8. The average Bonchev–Trinajstić information content (AvgIpc) is 2.16. The van der Waals surface area contributed by atoms with Gasteiger partial charge in [0.1, 0.15) is 0 Å². The molecule has 0 radical (unpaired) electrons. The molecule has 3 nitrogen and oxygen atoms in total. The van der Waals surface area contributed by atoms with Crippen LogP contribution in [0.5, 0.6) is 0 Å². The maximum Gasteiger partial charge on any atom is 0.315 e. The van der Waals surface area contributed by atoms with Crippen LogP contribution in [0.4, 0.5) is 0 Å². The first kappa shape index (κ1) is 9.86. The van der Waals surface area contributed by atoms with E-state index in [2.05, 4.69) is 4.74 Å². The Labute approximate surface area is 76.8 Å². The van der Waals surface area contributed by atoms with E-state index in [9.17, 15) is 4.79 Å². The zero-order valence-corrected chi connectivity index (χ0v) is 8.06. The van der Waals surface area contributed by atoms with Crippen molar-refractivity contribution in [3.63, 3.8) is 0 Å². The summed E-state index contributed by atoms with van der Waals surface area (Å²) < 4.78 is 9.75. The fraction of sp³-hybridized carbons (Fsp3) is 0.875. The third kappa shape index (κ3) is 3.45. The quantitative estimate of drug-likeness (QED) is 0.624. The van der Waals surface area contributed by atoms with Crippen LogP contribution >= 0.6 is 11.8 Å². The smallest absolute Gasteiger partial charge is 0.315 e. The van der Waals surface area contributed by atoms with E-state index in [1.165, 1.54) is 7.11 Å². The Bertz CT molecular complexity index is 143. The molecule has 0 unspecified atom stereocenters. The van der Waals surface area contributed by atoms with Crippen LogP contribution in [0.2, 0.25) is 0 Å². The second kappa shape index (κ2) is 5.43. The Morgan fingerprint density at radius 1 is 1.58 bits per heavy atom. The van der Waals surface area contributed by atoms with Gasteiger partial charge in [0.05, 0.1) is 12.9 Å². The third-order valence-corrected chi connectivity index (χ3v) is 3.18. The summed E-state index contributed by atoms with van der Waals surface area (Å²) in [5.74, 6) is 0.341. The van der Waals surface area contributed by atoms with E-state index in [4.69, 9.17) is 4.74 Å². The molecule has 1 saturated heterocycles. The summed E-state index contributed by atoms with van der Waals surface area (Å²) in [5.41, 5.74) is 0. The monoisotopic (exact) mass is 190 g/mol. The van der Waals surface area contributed by atoms with Crippen LogP contribution in [0, 0.1) is 0 Å². The van der Waals surface area contributed by atoms with E-state index in [-0.39, 0.29) is 5.97 Å². The molecule has 0 bridgehead atoms. The minimum absolute atomic E-state index is 0.133. The molecule has 0 aromatic carbocycles. The van der Waals surface area contributed by atoms with Crippen molar-refractivity contribution < 1.29 is 14.3 Å². The van der Waals surface area contributed by atoms with Crippen LogP contribution in [0.1, 0.15) is 12.8 Å². The van der Waals surface area contributed by atoms with Gasteiger partial charge >= 0.3 is 5.97 Å². The van der Waals surface area contributed by atoms with Gasteiger partial charge in [0, 0.05) is 18.5 Å². The Balaban J connectivity index is 2.09. The fourth-order valence-corrected chi connectivity index (χ4v) is 2.10. The first-order chi connectivity index (χ1) is 5.83. The van der Waals surface area contributed by atoms with Gasteiger partial charge in [-0.05, 0) is 12.8 Å². The van der Waals surface area contributed by atoms with Crippen molar-refractivity contribution in [1.82, 2.24) is 0 Å². The van der Waals surface area contributed by atoms with Gasteiger partial charge < -0.3 is 9.47 Å². The van der Waals surface area contributed by atoms with E-state index in [1.54, 1.807) is 11.8 Å². The normalized spacial score (nSPS) is 19.1. The van der Waals surface area contributed by atoms with Gasteiger partial charge in [-0.2, -0.15) is 0 Å². The first-order valence-corrected chi connectivity index (χ1v) is 5.14. The Kier molecular flexibility index (Phi) is 4.46. The molecule has 1 rings (SSSR count). The van der Waals surface area contributed by atoms with Gasteiger partial charge in [0.15, 0.2) is 0 Å². The first-order valence-electron chi connectivity index (χ1n) is 4.09. The van der Waals surface area contributed by atoms with Crippen LogP contribution < -0.4 is 0 Å². The molecular formula is C8H14O3S. The summed E-state index contributed by atoms with van der Waals surface area (Å²) in [6.45, 7) is 1.66. The Morgan fingerprint density at radius 2 is 2.25 bits per heavy atom. The molecule has 0 atom stereocenters. The molecule has 0 aromatic rings. The van der Waals surface area contributed by atoms with Gasteiger partial charge in [-0.1, -0.05) is 0 Å². The van der Waals surface area contributed by atoms with Crippen LogP contribution in [0.3, 0.4) is 0 Å². The molecule has 0 amide bonds. The van der Waals surface area contributed by atoms with Gasteiger partial charge in [-0.15, -0.1) is 11.8 Å². The number of esters is 1. The lowest BCUT2D eigenvalue weighted by atomic mass is 10.2. The van der Waals surface area contributed by atoms with Crippen LogP contribution in [-0.2, 0) is 14.3 Å². The van der Waals surface area contributed by atoms with E-state index in [1.807, 2.05) is 0 Å². The second-order valence-electron chi connectivity index (χ2n) is 2.70. The number of rotatable bonds is 3.